The molecule has 6 heteroatoms. The van der Waals surface area contributed by atoms with Crippen LogP contribution in [-0.4, -0.2) is 9.97 Å². The molecule has 2 heterocycles. The minimum Gasteiger partial charge on any atom is -0.337 e. The molecule has 4 nitrogen and oxygen atoms in total. The number of thiazole rings is 2. The van der Waals surface area contributed by atoms with Gasteiger partial charge in [0.05, 0.1) is 10.2 Å². The third kappa shape index (κ3) is 2.86. The van der Waals surface area contributed by atoms with E-state index in [2.05, 4.69) is 47.3 Å². The number of allylic oxidation sites excluding steroid dienone is 1. The summed E-state index contributed by atoms with van der Waals surface area (Å²) in [4.78, 5) is 8.93. The van der Waals surface area contributed by atoms with Crippen LogP contribution in [0.5, 0.6) is 0 Å². The normalized spacial score (nSPS) is 11.6. The van der Waals surface area contributed by atoms with Crippen molar-refractivity contribution < 1.29 is 0 Å². The molecule has 3 rings (SSSR count). The number of hydrogen-bond acceptors (Lipinski definition) is 6. The van der Waals surface area contributed by atoms with Crippen molar-refractivity contribution in [2.75, 3.05) is 5.32 Å². The molecule has 3 aromatic rings. The fraction of sp³-hybridized carbons (Fsp3) is 0.188. The van der Waals surface area contributed by atoms with Gasteiger partial charge in [0.1, 0.15) is 16.6 Å². The Morgan fingerprint density at radius 3 is 2.77 bits per heavy atom. The summed E-state index contributed by atoms with van der Waals surface area (Å²) in [5.41, 5.74) is 4.85. The van der Waals surface area contributed by atoms with Crippen LogP contribution in [-0.2, 0) is 0 Å². The van der Waals surface area contributed by atoms with Gasteiger partial charge >= 0.3 is 0 Å². The Labute approximate surface area is 136 Å². The van der Waals surface area contributed by atoms with Crippen molar-refractivity contribution in [3.05, 3.63) is 45.5 Å². The molecule has 1 aromatic carbocycles. The lowest BCUT2D eigenvalue weighted by Gasteiger charge is -1.96. The third-order valence-corrected chi connectivity index (χ3v) is 5.07. The molecular formula is C16H14N4S2. The predicted octanol–water partition coefficient (Wildman–Crippen LogP) is 4.65. The van der Waals surface area contributed by atoms with Gasteiger partial charge in [-0.15, -0.1) is 11.3 Å². The van der Waals surface area contributed by atoms with E-state index < -0.39 is 0 Å². The predicted molar refractivity (Wildman–Crippen MR) is 93.2 cm³/mol. The highest BCUT2D eigenvalue weighted by molar-refractivity contribution is 7.22. The van der Waals surface area contributed by atoms with Crippen LogP contribution in [0.2, 0.25) is 0 Å². The van der Waals surface area contributed by atoms with Crippen molar-refractivity contribution in [1.82, 2.24) is 9.97 Å². The van der Waals surface area contributed by atoms with Gasteiger partial charge in [0, 0.05) is 17.3 Å². The van der Waals surface area contributed by atoms with Gasteiger partial charge in [-0.2, -0.15) is 5.26 Å². The van der Waals surface area contributed by atoms with Crippen LogP contribution in [0.15, 0.2) is 23.7 Å². The number of nitrogens with zero attached hydrogens (tertiary/aromatic N) is 3. The number of fused-ring (bicyclic) bond motifs is 1. The zero-order valence-corrected chi connectivity index (χ0v) is 14.1. The zero-order valence-electron chi connectivity index (χ0n) is 12.5. The van der Waals surface area contributed by atoms with Crippen LogP contribution in [0, 0.1) is 32.1 Å². The monoisotopic (exact) mass is 326 g/mol. The summed E-state index contributed by atoms with van der Waals surface area (Å²) in [5, 5.41) is 15.8. The molecule has 0 bridgehead atoms. The fourth-order valence-corrected chi connectivity index (χ4v) is 3.96. The number of benzene rings is 1. The number of nitriles is 1. The lowest BCUT2D eigenvalue weighted by Crippen LogP contribution is -1.90. The van der Waals surface area contributed by atoms with Gasteiger partial charge in [0.2, 0.25) is 0 Å². The van der Waals surface area contributed by atoms with E-state index >= 15 is 0 Å². The van der Waals surface area contributed by atoms with Crippen molar-refractivity contribution in [2.24, 2.45) is 0 Å². The maximum absolute atomic E-state index is 9.28. The van der Waals surface area contributed by atoms with Crippen LogP contribution in [0.3, 0.4) is 0 Å². The van der Waals surface area contributed by atoms with Crippen molar-refractivity contribution in [3.8, 4) is 6.07 Å². The van der Waals surface area contributed by atoms with E-state index in [0.717, 1.165) is 26.0 Å². The molecule has 0 amide bonds. The molecule has 0 fully saturated rings. The Hall–Kier alpha value is -2.23. The lowest BCUT2D eigenvalue weighted by atomic mass is 10.1. The highest BCUT2D eigenvalue weighted by Crippen LogP contribution is 2.29. The van der Waals surface area contributed by atoms with E-state index in [9.17, 15) is 5.26 Å². The SMILES string of the molecule is Cc1cc(C)c2nc(N/C=C(\C#N)c3nc(C)cs3)sc2c1. The van der Waals surface area contributed by atoms with Crippen LogP contribution < -0.4 is 5.32 Å². The second-order valence-corrected chi connectivity index (χ2v) is 6.94. The van der Waals surface area contributed by atoms with Gasteiger partial charge < -0.3 is 5.32 Å². The van der Waals surface area contributed by atoms with Crippen molar-refractivity contribution in [2.45, 2.75) is 20.8 Å². The zero-order chi connectivity index (χ0) is 15.7. The Morgan fingerprint density at radius 2 is 2.09 bits per heavy atom. The number of aryl methyl sites for hydroxylation is 3. The second-order valence-electron chi connectivity index (χ2n) is 5.06. The summed E-state index contributed by atoms with van der Waals surface area (Å²) in [6, 6.07) is 6.43. The number of rotatable bonds is 3. The average molecular weight is 326 g/mol. The molecule has 0 atom stereocenters. The molecule has 2 aromatic heterocycles. The Balaban J connectivity index is 1.91. The molecular weight excluding hydrogens is 312 g/mol. The quantitative estimate of drug-likeness (QED) is 0.711. The minimum atomic E-state index is 0.519. The first-order valence-corrected chi connectivity index (χ1v) is 8.43. The molecule has 22 heavy (non-hydrogen) atoms. The molecule has 0 unspecified atom stereocenters. The summed E-state index contributed by atoms with van der Waals surface area (Å²) < 4.78 is 1.15. The summed E-state index contributed by atoms with van der Waals surface area (Å²) in [6.07, 6.45) is 1.68. The van der Waals surface area contributed by atoms with Crippen LogP contribution >= 0.6 is 22.7 Å². The van der Waals surface area contributed by atoms with Gasteiger partial charge in [0.15, 0.2) is 5.13 Å². The van der Waals surface area contributed by atoms with Crippen molar-refractivity contribution in [1.29, 1.82) is 5.26 Å². The number of anilines is 1. The van der Waals surface area contributed by atoms with Gasteiger partial charge in [0.25, 0.3) is 0 Å². The second kappa shape index (κ2) is 5.87. The molecule has 0 radical (unpaired) electrons. The van der Waals surface area contributed by atoms with Crippen LogP contribution in [0.1, 0.15) is 21.8 Å². The number of hydrogen-bond donors (Lipinski definition) is 1. The summed E-state index contributed by atoms with van der Waals surface area (Å²) in [5.74, 6) is 0. The first kappa shape index (κ1) is 14.7. The summed E-state index contributed by atoms with van der Waals surface area (Å²) in [7, 11) is 0. The molecule has 0 saturated heterocycles. The van der Waals surface area contributed by atoms with E-state index in [4.69, 9.17) is 0 Å². The fourth-order valence-electron chi connectivity index (χ4n) is 2.19. The molecule has 0 saturated carbocycles. The lowest BCUT2D eigenvalue weighted by molar-refractivity contribution is 1.24. The molecule has 1 N–H and O–H groups in total. The molecule has 0 spiro atoms. The average Bonchev–Trinajstić information content (AvgIpc) is 3.06. The molecule has 110 valence electrons. The maximum Gasteiger partial charge on any atom is 0.187 e. The van der Waals surface area contributed by atoms with Gasteiger partial charge in [-0.3, -0.25) is 0 Å². The highest BCUT2D eigenvalue weighted by Gasteiger charge is 2.08. The van der Waals surface area contributed by atoms with Crippen LogP contribution in [0.4, 0.5) is 5.13 Å². The Bertz CT molecular complexity index is 912. The Morgan fingerprint density at radius 1 is 1.27 bits per heavy atom. The molecule has 0 aliphatic rings. The number of nitrogens with one attached hydrogen (secondary N) is 1. The Kier molecular flexibility index (Phi) is 3.92. The topological polar surface area (TPSA) is 61.6 Å². The van der Waals surface area contributed by atoms with Gasteiger partial charge in [-0.25, -0.2) is 9.97 Å². The molecule has 0 aliphatic carbocycles. The smallest absolute Gasteiger partial charge is 0.187 e. The van der Waals surface area contributed by atoms with Crippen molar-refractivity contribution >= 4 is 43.6 Å². The standard InChI is InChI=1S/C16H14N4S2/c1-9-4-10(2)14-13(5-9)22-16(20-14)18-7-12(6-17)15-19-11(3)8-21-15/h4-5,7-8H,1-3H3,(H,18,20)/b12-7+. The van der Waals surface area contributed by atoms with E-state index in [1.165, 1.54) is 22.5 Å². The van der Waals surface area contributed by atoms with E-state index in [-0.39, 0.29) is 0 Å². The largest absolute Gasteiger partial charge is 0.337 e. The number of aromatic nitrogens is 2. The first-order valence-electron chi connectivity index (χ1n) is 6.74. The van der Waals surface area contributed by atoms with Gasteiger partial charge in [-0.05, 0) is 38.0 Å². The van der Waals surface area contributed by atoms with Crippen molar-refractivity contribution in [3.63, 3.8) is 0 Å². The van der Waals surface area contributed by atoms with E-state index in [0.29, 0.717) is 5.57 Å². The summed E-state index contributed by atoms with van der Waals surface area (Å²) >= 11 is 3.05. The van der Waals surface area contributed by atoms with Crippen LogP contribution in [0.25, 0.3) is 15.8 Å². The molecule has 0 aliphatic heterocycles. The maximum atomic E-state index is 9.28. The van der Waals surface area contributed by atoms with E-state index in [1.54, 1.807) is 17.5 Å². The van der Waals surface area contributed by atoms with Gasteiger partial charge in [-0.1, -0.05) is 17.4 Å². The minimum absolute atomic E-state index is 0.519. The third-order valence-electron chi connectivity index (χ3n) is 3.14. The first-order chi connectivity index (χ1) is 10.6. The highest BCUT2D eigenvalue weighted by atomic mass is 32.1. The summed E-state index contributed by atoms with van der Waals surface area (Å²) in [6.45, 7) is 6.06. The van der Waals surface area contributed by atoms with E-state index in [1.807, 2.05) is 12.3 Å².